The number of aliphatic hydroxyl groups is 1. The number of esters is 1. The van der Waals surface area contributed by atoms with E-state index in [0.717, 1.165) is 0 Å². The summed E-state index contributed by atoms with van der Waals surface area (Å²) in [5.41, 5.74) is -2.07. The molecule has 0 aliphatic carbocycles. The number of halogens is 3. The van der Waals surface area contributed by atoms with Crippen molar-refractivity contribution in [3.05, 3.63) is 117 Å². The summed E-state index contributed by atoms with van der Waals surface area (Å²) in [5, 5.41) is 12.6. The second kappa shape index (κ2) is 13.2. The van der Waals surface area contributed by atoms with E-state index in [4.69, 9.17) is 37.4 Å². The van der Waals surface area contributed by atoms with E-state index in [-0.39, 0.29) is 29.2 Å². The Balaban J connectivity index is 1.77. The van der Waals surface area contributed by atoms with Gasteiger partial charge in [-0.15, -0.1) is 0 Å². The summed E-state index contributed by atoms with van der Waals surface area (Å²) in [6.45, 7) is 7.82. The van der Waals surface area contributed by atoms with Crippen LogP contribution in [0.4, 0.5) is 4.39 Å². The van der Waals surface area contributed by atoms with Crippen molar-refractivity contribution in [2.75, 3.05) is 26.9 Å². The molecule has 3 aromatic rings. The van der Waals surface area contributed by atoms with Crippen LogP contribution in [0.25, 0.3) is 0 Å². The number of rotatable bonds is 10. The summed E-state index contributed by atoms with van der Waals surface area (Å²) in [7, 11) is 1.38. The van der Waals surface area contributed by atoms with Gasteiger partial charge in [0.25, 0.3) is 5.91 Å². The van der Waals surface area contributed by atoms with E-state index in [0.29, 0.717) is 47.2 Å². The molecule has 238 valence electrons. The van der Waals surface area contributed by atoms with E-state index in [1.807, 2.05) is 0 Å². The molecule has 0 spiro atoms. The summed E-state index contributed by atoms with van der Waals surface area (Å²) in [6.07, 6.45) is 2.62. The quantitative estimate of drug-likeness (QED) is 0.184. The molecular weight excluding hydrogens is 620 g/mol. The molecule has 1 fully saturated rings. The predicted octanol–water partition coefficient (Wildman–Crippen LogP) is 7.18. The maximum atomic E-state index is 16.7. The van der Waals surface area contributed by atoms with Crippen molar-refractivity contribution in [3.63, 3.8) is 0 Å². The Labute approximate surface area is 272 Å². The topological polar surface area (TPSA) is 85.3 Å². The zero-order valence-electron chi connectivity index (χ0n) is 25.4. The van der Waals surface area contributed by atoms with Gasteiger partial charge in [0.05, 0.1) is 28.7 Å². The third-order valence-corrected chi connectivity index (χ3v) is 9.53. The summed E-state index contributed by atoms with van der Waals surface area (Å²) >= 11 is 12.5. The van der Waals surface area contributed by atoms with Crippen molar-refractivity contribution in [2.24, 2.45) is 11.8 Å². The molecule has 2 heterocycles. The highest BCUT2D eigenvalue weighted by Crippen LogP contribution is 2.53. The lowest BCUT2D eigenvalue weighted by atomic mass is 9.77. The zero-order chi connectivity index (χ0) is 32.5. The molecule has 2 aliphatic heterocycles. The van der Waals surface area contributed by atoms with E-state index in [2.05, 4.69) is 6.58 Å². The zero-order valence-corrected chi connectivity index (χ0v) is 26.9. The van der Waals surface area contributed by atoms with Gasteiger partial charge in [-0.05, 0) is 80.1 Å². The standard InChI is InChI=1S/C35H36Cl2FNO6/c1-5-16-45-33(41)21(2)31(22-6-10-26(36)11-7-22)39-32(40)28-19-25(34(3,42)23-14-17-44-18-15-23)20-29(38)30(28)35(39,43-4)24-8-12-27(37)13-9-24/h5-13,19-21,23,31,42H,1,14-18H2,2-4H3/t21-,31-,34-,35+/m0/s1. The van der Waals surface area contributed by atoms with E-state index in [1.54, 1.807) is 68.4 Å². The molecule has 3 aromatic carbocycles. The molecule has 0 radical (unpaired) electrons. The number of amides is 1. The molecule has 0 bridgehead atoms. The Morgan fingerprint density at radius 3 is 2.33 bits per heavy atom. The minimum atomic E-state index is -1.83. The first kappa shape index (κ1) is 33.1. The minimum Gasteiger partial charge on any atom is -0.461 e. The van der Waals surface area contributed by atoms with E-state index in [1.165, 1.54) is 24.2 Å². The molecule has 1 saturated heterocycles. The summed E-state index contributed by atoms with van der Waals surface area (Å²) in [4.78, 5) is 29.6. The monoisotopic (exact) mass is 655 g/mol. The van der Waals surface area contributed by atoms with Gasteiger partial charge in [0, 0.05) is 35.9 Å². The Bertz CT molecular complexity index is 1570. The first-order valence-electron chi connectivity index (χ1n) is 14.8. The molecule has 4 atom stereocenters. The summed E-state index contributed by atoms with van der Waals surface area (Å²) in [6, 6.07) is 15.1. The molecule has 45 heavy (non-hydrogen) atoms. The number of fused-ring (bicyclic) bond motifs is 1. The Morgan fingerprint density at radius 2 is 1.76 bits per heavy atom. The van der Waals surface area contributed by atoms with Crippen LogP contribution in [-0.4, -0.2) is 48.8 Å². The third-order valence-electron chi connectivity index (χ3n) is 9.03. The van der Waals surface area contributed by atoms with Crippen LogP contribution < -0.4 is 0 Å². The SMILES string of the molecule is C=CCOC(=O)[C@@H](C)[C@@H](c1ccc(Cl)cc1)N1C(=O)c2cc([C@@](C)(O)C3CCOCC3)cc(F)c2[C@]1(OC)c1ccc(Cl)cc1. The number of hydrogen-bond acceptors (Lipinski definition) is 6. The van der Waals surface area contributed by atoms with E-state index >= 15 is 4.39 Å². The lowest BCUT2D eigenvalue weighted by molar-refractivity contribution is -0.154. The number of carbonyl (C=O) groups is 2. The molecule has 10 heteroatoms. The van der Waals surface area contributed by atoms with Gasteiger partial charge in [-0.2, -0.15) is 0 Å². The first-order chi connectivity index (χ1) is 21.5. The van der Waals surface area contributed by atoms with Crippen LogP contribution in [-0.2, 0) is 30.3 Å². The van der Waals surface area contributed by atoms with Gasteiger partial charge >= 0.3 is 5.97 Å². The highest BCUT2D eigenvalue weighted by atomic mass is 35.5. The van der Waals surface area contributed by atoms with Crippen molar-refractivity contribution >= 4 is 35.1 Å². The normalized spacial score (nSPS) is 21.1. The van der Waals surface area contributed by atoms with E-state index in [9.17, 15) is 14.7 Å². The Morgan fingerprint density at radius 1 is 1.16 bits per heavy atom. The number of hydrogen-bond donors (Lipinski definition) is 1. The smallest absolute Gasteiger partial charge is 0.311 e. The second-order valence-electron chi connectivity index (χ2n) is 11.6. The van der Waals surface area contributed by atoms with Gasteiger partial charge in [0.1, 0.15) is 12.4 Å². The van der Waals surface area contributed by atoms with Crippen molar-refractivity contribution in [3.8, 4) is 0 Å². The largest absolute Gasteiger partial charge is 0.461 e. The Hall–Kier alpha value is -3.27. The van der Waals surface area contributed by atoms with Crippen molar-refractivity contribution in [1.29, 1.82) is 0 Å². The van der Waals surface area contributed by atoms with E-state index < -0.39 is 41.0 Å². The fraction of sp³-hybridized carbons (Fsp3) is 0.371. The van der Waals surface area contributed by atoms with Crippen LogP contribution in [0.2, 0.25) is 10.0 Å². The third kappa shape index (κ3) is 5.90. The molecular formula is C35H36Cl2FNO6. The minimum absolute atomic E-state index is 0.0137. The van der Waals surface area contributed by atoms with Crippen LogP contribution in [0.5, 0.6) is 0 Å². The van der Waals surface area contributed by atoms with Crippen LogP contribution in [0.15, 0.2) is 73.3 Å². The summed E-state index contributed by atoms with van der Waals surface area (Å²) in [5.74, 6) is -3.07. The molecule has 1 N–H and O–H groups in total. The average molecular weight is 657 g/mol. The van der Waals surface area contributed by atoms with Gasteiger partial charge in [-0.1, -0.05) is 60.1 Å². The molecule has 5 rings (SSSR count). The van der Waals surface area contributed by atoms with Crippen LogP contribution in [0.1, 0.15) is 65.3 Å². The number of nitrogens with zero attached hydrogens (tertiary/aromatic N) is 1. The molecule has 0 unspecified atom stereocenters. The van der Waals surface area contributed by atoms with Crippen LogP contribution in [0.3, 0.4) is 0 Å². The lowest BCUT2D eigenvalue weighted by Crippen LogP contribution is -2.51. The van der Waals surface area contributed by atoms with Gasteiger partial charge in [-0.25, -0.2) is 4.39 Å². The number of ether oxygens (including phenoxy) is 3. The maximum absolute atomic E-state index is 16.7. The van der Waals surface area contributed by atoms with Gasteiger partial charge in [0.15, 0.2) is 5.72 Å². The van der Waals surface area contributed by atoms with Crippen molar-refractivity contribution < 1.29 is 33.3 Å². The predicted molar refractivity (Wildman–Crippen MR) is 169 cm³/mol. The lowest BCUT2D eigenvalue weighted by Gasteiger charge is -2.44. The highest BCUT2D eigenvalue weighted by Gasteiger charge is 2.58. The second-order valence-corrected chi connectivity index (χ2v) is 12.5. The molecule has 2 aliphatic rings. The van der Waals surface area contributed by atoms with Gasteiger partial charge in [0.2, 0.25) is 0 Å². The van der Waals surface area contributed by atoms with Crippen molar-refractivity contribution in [2.45, 2.75) is 44.1 Å². The molecule has 0 aromatic heterocycles. The maximum Gasteiger partial charge on any atom is 0.311 e. The summed E-state index contributed by atoms with van der Waals surface area (Å²) < 4.78 is 33.9. The Kier molecular flexibility index (Phi) is 9.73. The van der Waals surface area contributed by atoms with Crippen LogP contribution in [0, 0.1) is 17.7 Å². The van der Waals surface area contributed by atoms with Gasteiger partial charge < -0.3 is 19.3 Å². The van der Waals surface area contributed by atoms with Crippen LogP contribution >= 0.6 is 23.2 Å². The average Bonchev–Trinajstić information content (AvgIpc) is 3.30. The fourth-order valence-electron chi connectivity index (χ4n) is 6.62. The number of methoxy groups -OCH3 is 1. The molecule has 0 saturated carbocycles. The number of benzene rings is 3. The molecule has 7 nitrogen and oxygen atoms in total. The molecule has 1 amide bonds. The van der Waals surface area contributed by atoms with Gasteiger partial charge in [-0.3, -0.25) is 14.5 Å². The highest BCUT2D eigenvalue weighted by molar-refractivity contribution is 6.30. The van der Waals surface area contributed by atoms with Crippen molar-refractivity contribution in [1.82, 2.24) is 4.90 Å². The fourth-order valence-corrected chi connectivity index (χ4v) is 6.87. The first-order valence-corrected chi connectivity index (χ1v) is 15.5. The number of carbonyl (C=O) groups excluding carboxylic acids is 2.